The molecule has 1 aromatic carbocycles. The van der Waals surface area contributed by atoms with Crippen molar-refractivity contribution in [2.24, 2.45) is 0 Å². The minimum absolute atomic E-state index is 0.0784. The summed E-state index contributed by atoms with van der Waals surface area (Å²) in [6.45, 7) is 6.28. The maximum Gasteiger partial charge on any atom is 0.243 e. The topological polar surface area (TPSA) is 101 Å². The summed E-state index contributed by atoms with van der Waals surface area (Å²) >= 11 is 0. The van der Waals surface area contributed by atoms with Gasteiger partial charge in [0.05, 0.1) is 23.9 Å². The van der Waals surface area contributed by atoms with Crippen molar-refractivity contribution in [1.29, 1.82) is 0 Å². The fourth-order valence-electron chi connectivity index (χ4n) is 4.24. The molecule has 2 unspecified atom stereocenters. The molecule has 32 heavy (non-hydrogen) atoms. The Balaban J connectivity index is 1.42. The number of amides is 2. The lowest BCUT2D eigenvalue weighted by Crippen LogP contribution is -2.47. The highest BCUT2D eigenvalue weighted by atomic mass is 16.5. The van der Waals surface area contributed by atoms with Gasteiger partial charge in [-0.15, -0.1) is 0 Å². The first kappa shape index (κ1) is 21.8. The Bertz CT molecular complexity index is 1060. The number of carbonyl (C=O) groups is 2. The van der Waals surface area contributed by atoms with Gasteiger partial charge in [0.2, 0.25) is 11.8 Å². The molecule has 1 aliphatic rings. The molecule has 1 fully saturated rings. The number of carbonyl (C=O) groups excluding carboxylic acids is 2. The maximum atomic E-state index is 13.3. The van der Waals surface area contributed by atoms with Gasteiger partial charge >= 0.3 is 0 Å². The molecule has 8 nitrogen and oxygen atoms in total. The predicted octanol–water partition coefficient (Wildman–Crippen LogP) is 4.00. The third-order valence-corrected chi connectivity index (χ3v) is 6.02. The van der Waals surface area contributed by atoms with E-state index >= 15 is 0 Å². The van der Waals surface area contributed by atoms with Crippen LogP contribution in [-0.2, 0) is 9.59 Å². The summed E-state index contributed by atoms with van der Waals surface area (Å²) in [4.78, 5) is 32.0. The van der Waals surface area contributed by atoms with Gasteiger partial charge in [-0.05, 0) is 38.7 Å². The Morgan fingerprint density at radius 2 is 2.06 bits per heavy atom. The van der Waals surface area contributed by atoms with Crippen LogP contribution in [0.2, 0.25) is 0 Å². The minimum atomic E-state index is -0.475. The predicted molar refractivity (Wildman–Crippen MR) is 118 cm³/mol. The Hall–Kier alpha value is -3.42. The Labute approximate surface area is 187 Å². The summed E-state index contributed by atoms with van der Waals surface area (Å²) < 4.78 is 10.7. The van der Waals surface area contributed by atoms with Crippen LogP contribution >= 0.6 is 0 Å². The van der Waals surface area contributed by atoms with Gasteiger partial charge in [-0.25, -0.2) is 4.98 Å². The summed E-state index contributed by atoms with van der Waals surface area (Å²) in [7, 11) is 0. The number of likely N-dealkylation sites (tertiary alicyclic amines) is 1. The number of rotatable bonds is 7. The fourth-order valence-corrected chi connectivity index (χ4v) is 4.24. The number of oxazole rings is 1. The smallest absolute Gasteiger partial charge is 0.243 e. The summed E-state index contributed by atoms with van der Waals surface area (Å²) in [6, 6.07) is 8.92. The minimum Gasteiger partial charge on any atom is -0.444 e. The summed E-state index contributed by atoms with van der Waals surface area (Å²) in [5, 5.41) is 6.98. The van der Waals surface area contributed by atoms with E-state index in [0.717, 1.165) is 23.2 Å². The molecule has 4 rings (SSSR count). The van der Waals surface area contributed by atoms with Gasteiger partial charge in [-0.2, -0.15) is 0 Å². The number of aromatic nitrogens is 2. The molecule has 0 saturated carbocycles. The second-order valence-electron chi connectivity index (χ2n) is 8.24. The van der Waals surface area contributed by atoms with Crippen LogP contribution < -0.4 is 5.32 Å². The van der Waals surface area contributed by atoms with E-state index in [-0.39, 0.29) is 17.9 Å². The molecule has 1 N–H and O–H groups in total. The van der Waals surface area contributed by atoms with E-state index in [4.69, 9.17) is 8.94 Å². The first-order valence-corrected chi connectivity index (χ1v) is 11.0. The molecule has 8 heteroatoms. The van der Waals surface area contributed by atoms with E-state index in [2.05, 4.69) is 15.5 Å². The molecule has 1 saturated heterocycles. The molecule has 3 aromatic rings. The van der Waals surface area contributed by atoms with E-state index in [9.17, 15) is 9.59 Å². The summed E-state index contributed by atoms with van der Waals surface area (Å²) in [6.07, 6.45) is 5.10. The van der Waals surface area contributed by atoms with Gasteiger partial charge in [0, 0.05) is 18.2 Å². The molecule has 0 aliphatic carbocycles. The van der Waals surface area contributed by atoms with E-state index in [1.165, 1.54) is 6.39 Å². The first-order chi connectivity index (χ1) is 15.5. The lowest BCUT2D eigenvalue weighted by Gasteiger charge is -2.28. The number of nitrogens with one attached hydrogen (secondary N) is 1. The monoisotopic (exact) mass is 436 g/mol. The molecule has 2 aromatic heterocycles. The highest BCUT2D eigenvalue weighted by Crippen LogP contribution is 2.28. The molecule has 168 valence electrons. The molecular formula is C24H28N4O4. The van der Waals surface area contributed by atoms with E-state index in [0.29, 0.717) is 30.9 Å². The van der Waals surface area contributed by atoms with Crippen molar-refractivity contribution in [2.75, 3.05) is 6.54 Å². The number of benzene rings is 1. The van der Waals surface area contributed by atoms with Crippen LogP contribution in [0.4, 0.5) is 0 Å². The molecule has 3 heterocycles. The average Bonchev–Trinajstić information content (AvgIpc) is 3.56. The number of nitrogens with zero attached hydrogens (tertiary/aromatic N) is 3. The molecular weight excluding hydrogens is 408 g/mol. The van der Waals surface area contributed by atoms with Gasteiger partial charge in [-0.3, -0.25) is 9.59 Å². The Kier molecular flexibility index (Phi) is 6.39. The third-order valence-electron chi connectivity index (χ3n) is 6.02. The van der Waals surface area contributed by atoms with Crippen molar-refractivity contribution in [1.82, 2.24) is 20.4 Å². The zero-order valence-electron chi connectivity index (χ0n) is 18.6. The number of hydrogen-bond donors (Lipinski definition) is 1. The van der Waals surface area contributed by atoms with Crippen LogP contribution in [0.15, 0.2) is 51.9 Å². The SMILES string of the molecule is CCC(C(=O)N1CCCC1C(=O)N[C@@H](C)c1ccc(-c2cnco2)cc1)c1cc(C)no1. The fraction of sp³-hybridized carbons (Fsp3) is 0.417. The maximum absolute atomic E-state index is 13.3. The van der Waals surface area contributed by atoms with Crippen LogP contribution in [0.3, 0.4) is 0 Å². The molecule has 2 amide bonds. The lowest BCUT2D eigenvalue weighted by molar-refractivity contribution is -0.140. The van der Waals surface area contributed by atoms with Gasteiger partial charge in [0.25, 0.3) is 0 Å². The van der Waals surface area contributed by atoms with Crippen LogP contribution in [-0.4, -0.2) is 39.4 Å². The second-order valence-corrected chi connectivity index (χ2v) is 8.24. The number of aryl methyl sites for hydroxylation is 1. The highest BCUT2D eigenvalue weighted by molar-refractivity contribution is 5.91. The van der Waals surface area contributed by atoms with E-state index in [1.807, 2.05) is 45.0 Å². The largest absolute Gasteiger partial charge is 0.444 e. The van der Waals surface area contributed by atoms with Gasteiger partial charge in [0.1, 0.15) is 11.8 Å². The number of hydrogen-bond acceptors (Lipinski definition) is 6. The van der Waals surface area contributed by atoms with Crippen LogP contribution in [0.25, 0.3) is 11.3 Å². The highest BCUT2D eigenvalue weighted by Gasteiger charge is 2.38. The Morgan fingerprint density at radius 3 is 2.69 bits per heavy atom. The van der Waals surface area contributed by atoms with Gasteiger partial charge in [-0.1, -0.05) is 36.3 Å². The standard InChI is InChI=1S/C24H28N4O4/c1-4-19(21-12-15(2)27-32-21)24(30)28-11-5-6-20(28)23(29)26-16(3)17-7-9-18(10-8-17)22-13-25-14-31-22/h7-10,12-14,16,19-20H,4-6,11H2,1-3H3,(H,26,29)/t16-,19?,20?/m0/s1. The van der Waals surface area contributed by atoms with E-state index in [1.54, 1.807) is 17.2 Å². The third kappa shape index (κ3) is 4.44. The lowest BCUT2D eigenvalue weighted by atomic mass is 10.0. The van der Waals surface area contributed by atoms with Crippen molar-refractivity contribution in [3.8, 4) is 11.3 Å². The van der Waals surface area contributed by atoms with Crippen LogP contribution in [0, 0.1) is 6.92 Å². The zero-order valence-corrected chi connectivity index (χ0v) is 18.6. The molecule has 1 aliphatic heterocycles. The van der Waals surface area contributed by atoms with Crippen molar-refractivity contribution < 1.29 is 18.5 Å². The zero-order chi connectivity index (χ0) is 22.7. The van der Waals surface area contributed by atoms with Gasteiger partial charge in [0.15, 0.2) is 12.2 Å². The molecule has 3 atom stereocenters. The summed E-state index contributed by atoms with van der Waals surface area (Å²) in [5.74, 6) is 0.615. The quantitative estimate of drug-likeness (QED) is 0.601. The van der Waals surface area contributed by atoms with Crippen LogP contribution in [0.1, 0.15) is 62.1 Å². The second kappa shape index (κ2) is 9.38. The summed E-state index contributed by atoms with van der Waals surface area (Å²) in [5.41, 5.74) is 2.64. The van der Waals surface area contributed by atoms with Crippen molar-refractivity contribution >= 4 is 11.8 Å². The van der Waals surface area contributed by atoms with Gasteiger partial charge < -0.3 is 19.2 Å². The molecule has 0 spiro atoms. The Morgan fingerprint density at radius 1 is 1.28 bits per heavy atom. The van der Waals surface area contributed by atoms with Crippen molar-refractivity contribution in [2.45, 2.75) is 58.0 Å². The van der Waals surface area contributed by atoms with E-state index < -0.39 is 12.0 Å². The average molecular weight is 437 g/mol. The molecule has 0 bridgehead atoms. The van der Waals surface area contributed by atoms with Crippen molar-refractivity contribution in [3.63, 3.8) is 0 Å². The normalized spacial score (nSPS) is 17.8. The first-order valence-electron chi connectivity index (χ1n) is 11.0. The molecule has 0 radical (unpaired) electrons. The van der Waals surface area contributed by atoms with Crippen molar-refractivity contribution in [3.05, 3.63) is 59.9 Å². The van der Waals surface area contributed by atoms with Crippen LogP contribution in [0.5, 0.6) is 0 Å².